The molecule has 0 saturated heterocycles. The zero-order chi connectivity index (χ0) is 14.0. The maximum absolute atomic E-state index is 2.12. The van der Waals surface area contributed by atoms with Crippen LogP contribution in [0.4, 0.5) is 0 Å². The molecule has 2 heteroatoms. The lowest BCUT2D eigenvalue weighted by Crippen LogP contribution is -2.37. The predicted molar refractivity (Wildman–Crippen MR) is 76.9 cm³/mol. The Hall–Kier alpha value is -1.70. The van der Waals surface area contributed by atoms with E-state index >= 15 is 0 Å². The van der Waals surface area contributed by atoms with Crippen molar-refractivity contribution in [3.8, 4) is 11.4 Å². The molecule has 0 amide bonds. The Morgan fingerprint density at radius 1 is 0.611 bits per heavy atom. The molecule has 0 aliphatic rings. The Balaban J connectivity index is 0.000000659. The van der Waals surface area contributed by atoms with Gasteiger partial charge in [-0.25, -0.2) is 0 Å². The number of hydrogen-bond donors (Lipinski definition) is 0. The van der Waals surface area contributed by atoms with Gasteiger partial charge in [0.15, 0.2) is 12.4 Å². The summed E-state index contributed by atoms with van der Waals surface area (Å²) in [7, 11) is 4.12. The molecule has 98 valence electrons. The van der Waals surface area contributed by atoms with Gasteiger partial charge in [0.2, 0.25) is 0 Å². The largest absolute Gasteiger partial charge is 0.277 e. The summed E-state index contributed by atoms with van der Waals surface area (Å²) in [6.07, 6.45) is 4.12. The van der Waals surface area contributed by atoms with Gasteiger partial charge in [-0.05, 0) is 12.1 Å². The molecule has 0 aliphatic carbocycles. The van der Waals surface area contributed by atoms with Crippen LogP contribution in [0.25, 0.3) is 11.4 Å². The van der Waals surface area contributed by atoms with Crippen LogP contribution in [0.2, 0.25) is 0 Å². The van der Waals surface area contributed by atoms with Crippen LogP contribution < -0.4 is 9.13 Å². The van der Waals surface area contributed by atoms with Crippen LogP contribution in [0.3, 0.4) is 0 Å². The number of rotatable bonds is 1. The van der Waals surface area contributed by atoms with E-state index in [1.807, 2.05) is 39.8 Å². The van der Waals surface area contributed by atoms with Gasteiger partial charge in [-0.15, -0.1) is 0 Å². The normalized spacial score (nSPS) is 8.56. The van der Waals surface area contributed by atoms with E-state index in [2.05, 4.69) is 59.9 Å². The van der Waals surface area contributed by atoms with E-state index in [1.165, 1.54) is 11.4 Å². The first kappa shape index (κ1) is 16.3. The minimum Gasteiger partial charge on any atom is -0.196 e. The van der Waals surface area contributed by atoms with Gasteiger partial charge in [-0.2, -0.15) is 9.13 Å². The van der Waals surface area contributed by atoms with Crippen molar-refractivity contribution in [1.82, 2.24) is 0 Å². The summed E-state index contributed by atoms with van der Waals surface area (Å²) in [4.78, 5) is 0. The van der Waals surface area contributed by atoms with Crippen LogP contribution in [0.15, 0.2) is 48.8 Å². The van der Waals surface area contributed by atoms with Gasteiger partial charge in [0.05, 0.1) is 0 Å². The van der Waals surface area contributed by atoms with Crippen molar-refractivity contribution in [2.75, 3.05) is 0 Å². The summed E-state index contributed by atoms with van der Waals surface area (Å²) in [6, 6.07) is 12.4. The van der Waals surface area contributed by atoms with E-state index in [0.29, 0.717) is 0 Å². The maximum atomic E-state index is 2.12. The van der Waals surface area contributed by atoms with Crippen LogP contribution in [0.5, 0.6) is 0 Å². The number of pyridine rings is 2. The van der Waals surface area contributed by atoms with E-state index < -0.39 is 0 Å². The quantitative estimate of drug-likeness (QED) is 0.683. The van der Waals surface area contributed by atoms with Crippen molar-refractivity contribution in [2.45, 2.75) is 27.7 Å². The summed E-state index contributed by atoms with van der Waals surface area (Å²) >= 11 is 0. The van der Waals surface area contributed by atoms with Gasteiger partial charge in [0, 0.05) is 24.3 Å². The Morgan fingerprint density at radius 3 is 1.22 bits per heavy atom. The topological polar surface area (TPSA) is 7.76 Å². The lowest BCUT2D eigenvalue weighted by Gasteiger charge is -1.97. The summed E-state index contributed by atoms with van der Waals surface area (Å²) in [5, 5.41) is 0. The first-order chi connectivity index (χ1) is 8.79. The lowest BCUT2D eigenvalue weighted by atomic mass is 10.2. The summed E-state index contributed by atoms with van der Waals surface area (Å²) < 4.78 is 4.24. The van der Waals surface area contributed by atoms with Crippen LogP contribution in [-0.2, 0) is 14.1 Å². The van der Waals surface area contributed by atoms with Crippen LogP contribution in [-0.4, -0.2) is 0 Å². The van der Waals surface area contributed by atoms with Gasteiger partial charge in [-0.3, -0.25) is 0 Å². The molecule has 0 saturated carbocycles. The van der Waals surface area contributed by atoms with Crippen LogP contribution in [0.1, 0.15) is 27.7 Å². The molecule has 2 rings (SSSR count). The zero-order valence-electron chi connectivity index (χ0n) is 12.5. The molecule has 2 nitrogen and oxygen atoms in total. The number of nitrogens with zero attached hydrogens (tertiary/aromatic N) is 2. The number of aromatic nitrogens is 2. The number of aryl methyl sites for hydroxylation is 2. The first-order valence-corrected chi connectivity index (χ1v) is 6.69. The van der Waals surface area contributed by atoms with Crippen molar-refractivity contribution in [3.63, 3.8) is 0 Å². The molecule has 0 radical (unpaired) electrons. The molecule has 0 aromatic carbocycles. The minimum absolute atomic E-state index is 1.22. The van der Waals surface area contributed by atoms with Crippen molar-refractivity contribution >= 4 is 0 Å². The molecule has 2 aromatic heterocycles. The van der Waals surface area contributed by atoms with E-state index in [9.17, 15) is 0 Å². The standard InChI is InChI=1S/C12H14N2.2C2H6/c1-13-9-5-3-7-11(13)12-8-4-6-10-14(12)2;2*1-2/h3-10H,1-2H3;2*1-2H3/q+2;;. The minimum atomic E-state index is 1.22. The molecular formula is C16H26N2+2. The van der Waals surface area contributed by atoms with Crippen molar-refractivity contribution < 1.29 is 9.13 Å². The highest BCUT2D eigenvalue weighted by Gasteiger charge is 2.16. The monoisotopic (exact) mass is 246 g/mol. The zero-order valence-corrected chi connectivity index (χ0v) is 12.5. The van der Waals surface area contributed by atoms with Crippen LogP contribution in [0, 0.1) is 0 Å². The highest BCUT2D eigenvalue weighted by molar-refractivity contribution is 5.45. The predicted octanol–water partition coefficient (Wildman–Crippen LogP) is 3.06. The Morgan fingerprint density at radius 2 is 0.944 bits per heavy atom. The summed E-state index contributed by atoms with van der Waals surface area (Å²) in [5.74, 6) is 0. The molecule has 0 fully saturated rings. The van der Waals surface area contributed by atoms with Crippen molar-refractivity contribution in [1.29, 1.82) is 0 Å². The fourth-order valence-electron chi connectivity index (χ4n) is 1.58. The molecule has 0 aliphatic heterocycles. The fraction of sp³-hybridized carbons (Fsp3) is 0.375. The molecular weight excluding hydrogens is 220 g/mol. The molecule has 0 spiro atoms. The molecule has 2 aromatic rings. The van der Waals surface area contributed by atoms with Crippen molar-refractivity contribution in [3.05, 3.63) is 48.8 Å². The summed E-state index contributed by atoms with van der Waals surface area (Å²) in [6.45, 7) is 8.00. The third kappa shape index (κ3) is 4.28. The average Bonchev–Trinajstić information content (AvgIpc) is 2.45. The van der Waals surface area contributed by atoms with E-state index in [1.54, 1.807) is 0 Å². The van der Waals surface area contributed by atoms with Crippen molar-refractivity contribution in [2.24, 2.45) is 14.1 Å². The molecule has 0 bridgehead atoms. The third-order valence-electron chi connectivity index (χ3n) is 2.37. The van der Waals surface area contributed by atoms with E-state index in [-0.39, 0.29) is 0 Å². The van der Waals surface area contributed by atoms with Gasteiger partial charge >= 0.3 is 0 Å². The summed E-state index contributed by atoms with van der Waals surface area (Å²) in [5.41, 5.74) is 2.44. The fourth-order valence-corrected chi connectivity index (χ4v) is 1.58. The molecule has 0 unspecified atom stereocenters. The maximum Gasteiger partial charge on any atom is 0.277 e. The second-order valence-electron chi connectivity index (χ2n) is 3.39. The molecule has 0 N–H and O–H groups in total. The van der Waals surface area contributed by atoms with Gasteiger partial charge in [0.25, 0.3) is 11.4 Å². The van der Waals surface area contributed by atoms with Gasteiger partial charge in [0.1, 0.15) is 14.1 Å². The lowest BCUT2D eigenvalue weighted by molar-refractivity contribution is -0.690. The van der Waals surface area contributed by atoms with Crippen LogP contribution >= 0.6 is 0 Å². The Kier molecular flexibility index (Phi) is 8.46. The number of hydrogen-bond acceptors (Lipinski definition) is 0. The SMILES string of the molecule is CC.CC.C[n+]1ccccc1-c1cccc[n+]1C. The van der Waals surface area contributed by atoms with E-state index in [0.717, 1.165) is 0 Å². The van der Waals surface area contributed by atoms with E-state index in [4.69, 9.17) is 0 Å². The first-order valence-electron chi connectivity index (χ1n) is 6.69. The Bertz CT molecular complexity index is 407. The smallest absolute Gasteiger partial charge is 0.196 e. The highest BCUT2D eigenvalue weighted by Crippen LogP contribution is 2.07. The highest BCUT2D eigenvalue weighted by atomic mass is 15.0. The second-order valence-corrected chi connectivity index (χ2v) is 3.39. The average molecular weight is 246 g/mol. The second kappa shape index (κ2) is 9.34. The molecule has 0 atom stereocenters. The molecule has 18 heavy (non-hydrogen) atoms. The Labute approximate surface area is 112 Å². The van der Waals surface area contributed by atoms with Gasteiger partial charge in [-0.1, -0.05) is 27.7 Å². The molecule has 2 heterocycles. The third-order valence-corrected chi connectivity index (χ3v) is 2.37. The van der Waals surface area contributed by atoms with Gasteiger partial charge < -0.3 is 0 Å².